The Morgan fingerprint density at radius 3 is 2.08 bits per heavy atom. The Labute approximate surface area is 388 Å². The average molecular weight is 850 g/mol. The summed E-state index contributed by atoms with van der Waals surface area (Å²) in [7, 11) is 0. The Hall–Kier alpha value is -8.07. The second-order valence-corrected chi connectivity index (χ2v) is 14.5. The molecule has 1 aromatic heterocycles. The van der Waals surface area contributed by atoms with Crippen molar-refractivity contribution in [3.63, 3.8) is 0 Å². The molecule has 1 atom stereocenters. The fourth-order valence-electron chi connectivity index (χ4n) is 6.57. The van der Waals surface area contributed by atoms with Gasteiger partial charge >= 0.3 is 0 Å². The highest BCUT2D eigenvalue weighted by Gasteiger charge is 2.12. The first kappa shape index (κ1) is 49.6. The molecule has 1 aliphatic heterocycles. The molecule has 0 N–H and O–H groups in total. The van der Waals surface area contributed by atoms with Crippen LogP contribution in [0.5, 0.6) is 0 Å². The Kier molecular flexibility index (Phi) is 21.8. The molecule has 0 saturated carbocycles. The minimum absolute atomic E-state index is 0.0199. The van der Waals surface area contributed by atoms with Gasteiger partial charge in [0.2, 0.25) is 0 Å². The van der Waals surface area contributed by atoms with Gasteiger partial charge in [0.05, 0.1) is 28.8 Å². The number of terminal acetylenes is 1. The monoisotopic (exact) mass is 849 g/mol. The van der Waals surface area contributed by atoms with E-state index < -0.39 is 0 Å². The number of aromatic nitrogens is 2. The topological polar surface area (TPSA) is 62.9 Å². The van der Waals surface area contributed by atoms with Gasteiger partial charge in [-0.2, -0.15) is 0 Å². The predicted octanol–water partition coefficient (Wildman–Crippen LogP) is 14.3. The van der Waals surface area contributed by atoms with Crippen molar-refractivity contribution in [1.82, 2.24) is 9.97 Å². The van der Waals surface area contributed by atoms with Crippen molar-refractivity contribution in [2.24, 2.45) is 15.0 Å². The van der Waals surface area contributed by atoms with E-state index in [1.54, 1.807) is 24.4 Å². The van der Waals surface area contributed by atoms with E-state index >= 15 is 0 Å². The molecule has 5 aromatic rings. The summed E-state index contributed by atoms with van der Waals surface area (Å²) in [5.41, 5.74) is 11.5. The van der Waals surface area contributed by atoms with E-state index in [4.69, 9.17) is 20.0 Å². The maximum atomic E-state index is 5.14. The van der Waals surface area contributed by atoms with Crippen LogP contribution < -0.4 is 0 Å². The molecule has 0 aliphatic carbocycles. The van der Waals surface area contributed by atoms with Crippen LogP contribution in [0.4, 0.5) is 0 Å². The predicted molar refractivity (Wildman–Crippen MR) is 281 cm³/mol. The number of allylic oxidation sites excluding steroid dienone is 12. The quantitative estimate of drug-likeness (QED) is 0.0598. The Morgan fingerprint density at radius 1 is 0.754 bits per heavy atom. The molecular formula is C60H59N5. The van der Waals surface area contributed by atoms with Crippen LogP contribution in [0.1, 0.15) is 42.7 Å². The lowest BCUT2D eigenvalue weighted by Crippen LogP contribution is -2.06. The molecule has 0 saturated heterocycles. The molecule has 6 rings (SSSR count). The summed E-state index contributed by atoms with van der Waals surface area (Å²) in [6.07, 6.45) is 38.3. The van der Waals surface area contributed by atoms with Crippen molar-refractivity contribution in [1.29, 1.82) is 0 Å². The summed E-state index contributed by atoms with van der Waals surface area (Å²) in [5, 5.41) is 0. The Balaban J connectivity index is 0.000000824. The van der Waals surface area contributed by atoms with Crippen LogP contribution in [0.2, 0.25) is 0 Å². The minimum Gasteiger partial charge on any atom is -0.281 e. The van der Waals surface area contributed by atoms with Crippen LogP contribution in [0, 0.1) is 12.8 Å². The van der Waals surface area contributed by atoms with Gasteiger partial charge in [-0.25, -0.2) is 9.97 Å². The van der Waals surface area contributed by atoms with Crippen molar-refractivity contribution in [3.8, 4) is 35.5 Å². The summed E-state index contributed by atoms with van der Waals surface area (Å²) in [5.74, 6) is 0.684. The van der Waals surface area contributed by atoms with E-state index in [1.165, 1.54) is 5.56 Å². The van der Waals surface area contributed by atoms with E-state index in [0.717, 1.165) is 68.3 Å². The van der Waals surface area contributed by atoms with Gasteiger partial charge in [-0.15, -0.1) is 12.8 Å². The fourth-order valence-corrected chi connectivity index (χ4v) is 6.57. The number of nitrogens with zero attached hydrogens (tertiary/aromatic N) is 5. The molecule has 1 unspecified atom stereocenters. The van der Waals surface area contributed by atoms with E-state index in [1.807, 2.05) is 85.0 Å². The zero-order chi connectivity index (χ0) is 46.5. The summed E-state index contributed by atoms with van der Waals surface area (Å²) < 4.78 is 0. The molecule has 0 amide bonds. The van der Waals surface area contributed by atoms with E-state index in [2.05, 4.69) is 155 Å². The van der Waals surface area contributed by atoms with Gasteiger partial charge < -0.3 is 0 Å². The molecule has 4 aromatic carbocycles. The summed E-state index contributed by atoms with van der Waals surface area (Å²) in [4.78, 5) is 24.4. The Bertz CT molecular complexity index is 2630. The third kappa shape index (κ3) is 16.6. The molecule has 0 radical (unpaired) electrons. The number of hydrogen-bond acceptors (Lipinski definition) is 5. The first-order chi connectivity index (χ1) is 31.9. The maximum absolute atomic E-state index is 5.14. The van der Waals surface area contributed by atoms with E-state index in [0.29, 0.717) is 25.1 Å². The molecule has 0 spiro atoms. The average Bonchev–Trinajstić information content (AvgIpc) is 3.36. The van der Waals surface area contributed by atoms with Gasteiger partial charge in [0.15, 0.2) is 5.82 Å². The molecule has 1 aliphatic rings. The molecule has 324 valence electrons. The largest absolute Gasteiger partial charge is 0.281 e. The SMILES string of the molecule is C#C.C=C/C=C\C=C/Cc1cc(-c2ccccc2)nc(-c2cccc(C/C=C(N=C)/C3=C/CC(C)N=C(c4ccccc4)\C=C(\C(C=C)=C\C=C)/N=C\C=C\3)c2)n1.CCc1ccccc1. The van der Waals surface area contributed by atoms with Gasteiger partial charge in [-0.3, -0.25) is 15.0 Å². The van der Waals surface area contributed by atoms with Crippen LogP contribution in [-0.4, -0.2) is 34.7 Å². The molecule has 0 bridgehead atoms. The van der Waals surface area contributed by atoms with Gasteiger partial charge in [-0.05, 0) is 85.0 Å². The van der Waals surface area contributed by atoms with Crippen molar-refractivity contribution in [2.45, 2.75) is 45.6 Å². The van der Waals surface area contributed by atoms with Crippen LogP contribution in [0.15, 0.2) is 258 Å². The third-order valence-corrected chi connectivity index (χ3v) is 9.87. The summed E-state index contributed by atoms with van der Waals surface area (Å²) in [6, 6.07) is 41.2. The highest BCUT2D eigenvalue weighted by atomic mass is 14.9. The maximum Gasteiger partial charge on any atom is 0.160 e. The number of rotatable bonds is 15. The van der Waals surface area contributed by atoms with Gasteiger partial charge in [-0.1, -0.05) is 203 Å². The summed E-state index contributed by atoms with van der Waals surface area (Å²) in [6.45, 7) is 19.8. The lowest BCUT2D eigenvalue weighted by atomic mass is 10.0. The van der Waals surface area contributed by atoms with Gasteiger partial charge in [0, 0.05) is 29.5 Å². The second-order valence-electron chi connectivity index (χ2n) is 14.5. The lowest BCUT2D eigenvalue weighted by Gasteiger charge is -2.12. The molecule has 0 fully saturated rings. The van der Waals surface area contributed by atoms with Crippen LogP contribution in [-0.2, 0) is 19.3 Å². The van der Waals surface area contributed by atoms with E-state index in [-0.39, 0.29) is 6.04 Å². The Morgan fingerprint density at radius 2 is 1.43 bits per heavy atom. The zero-order valence-electron chi connectivity index (χ0n) is 37.8. The van der Waals surface area contributed by atoms with Crippen LogP contribution in [0.3, 0.4) is 0 Å². The zero-order valence-corrected chi connectivity index (χ0v) is 37.8. The third-order valence-electron chi connectivity index (χ3n) is 9.87. The fraction of sp³-hybridized carbons (Fsp3) is 0.117. The first-order valence-corrected chi connectivity index (χ1v) is 21.7. The molecular weight excluding hydrogens is 791 g/mol. The molecule has 5 heteroatoms. The van der Waals surface area contributed by atoms with Crippen molar-refractivity contribution in [2.75, 3.05) is 0 Å². The highest BCUT2D eigenvalue weighted by molar-refractivity contribution is 6.09. The van der Waals surface area contributed by atoms with Gasteiger partial charge in [0.25, 0.3) is 0 Å². The van der Waals surface area contributed by atoms with Crippen LogP contribution in [0.25, 0.3) is 22.6 Å². The minimum atomic E-state index is -0.0199. The number of aryl methyl sites for hydroxylation is 1. The standard InChI is InChI=1S/C50H47N5.C8H10.C2H2/c1-6-9-10-11-18-29-45-36-48(41-23-14-12-15-24-41)55-50(54-45)44-27-19-22-39(35-44)31-33-46(51-5)43-28-20-34-52-47(40(8-3)21-7-2)37-49(53-38(4)30-32-43)42-25-16-13-17-26-42;1-2-8-6-4-3-5-7-8;1-2/h6-28,32-38H,1-3,5,29-31H2,4H3;3-7H,2H2,1H3;1-2H/b10-9-,18-11-,28-20+,40-21+,43-32+,46-33-,47-37-,52-34-,53-49?;;. The number of aliphatic imine (C=N–C) groups is 3. The van der Waals surface area contributed by atoms with Crippen molar-refractivity contribution in [3.05, 3.63) is 265 Å². The number of benzene rings is 4. The summed E-state index contributed by atoms with van der Waals surface area (Å²) >= 11 is 0. The highest BCUT2D eigenvalue weighted by Crippen LogP contribution is 2.25. The number of hydrogen-bond donors (Lipinski definition) is 0. The normalized spacial score (nSPS) is 16.8. The van der Waals surface area contributed by atoms with Crippen molar-refractivity contribution < 1.29 is 0 Å². The smallest absolute Gasteiger partial charge is 0.160 e. The molecule has 65 heavy (non-hydrogen) atoms. The molecule has 2 heterocycles. The first-order valence-electron chi connectivity index (χ1n) is 21.7. The molecule has 5 nitrogen and oxygen atoms in total. The van der Waals surface area contributed by atoms with Crippen molar-refractivity contribution >= 4 is 18.6 Å². The van der Waals surface area contributed by atoms with E-state index in [9.17, 15) is 0 Å². The van der Waals surface area contributed by atoms with Gasteiger partial charge in [0.1, 0.15) is 0 Å². The van der Waals surface area contributed by atoms with Crippen LogP contribution >= 0.6 is 0 Å². The lowest BCUT2D eigenvalue weighted by molar-refractivity contribution is 0.758. The second kappa shape index (κ2) is 28.5.